The molecule has 0 aliphatic carbocycles. The molecule has 0 bridgehead atoms. The van der Waals surface area contributed by atoms with Crippen molar-refractivity contribution in [2.24, 2.45) is 0 Å². The van der Waals surface area contributed by atoms with Crippen molar-refractivity contribution >= 4 is 5.97 Å². The Morgan fingerprint density at radius 1 is 1.23 bits per heavy atom. The van der Waals surface area contributed by atoms with Gasteiger partial charge in [0.2, 0.25) is 0 Å². The molecule has 4 nitrogen and oxygen atoms in total. The van der Waals surface area contributed by atoms with Crippen LogP contribution >= 0.6 is 0 Å². The topological polar surface area (TPSA) is 46.5 Å². The molecule has 0 spiro atoms. The van der Waals surface area contributed by atoms with Gasteiger partial charge in [-0.1, -0.05) is 32.9 Å². The Hall–Kier alpha value is -1.55. The molecular weight excluding hydrogens is 278 g/mol. The fraction of sp³-hybridized carbons (Fsp3) is 0.611. The Balaban J connectivity index is 2.53. The van der Waals surface area contributed by atoms with Crippen molar-refractivity contribution in [2.45, 2.75) is 39.0 Å². The third-order valence-corrected chi connectivity index (χ3v) is 3.51. The van der Waals surface area contributed by atoms with E-state index < -0.39 is 0 Å². The van der Waals surface area contributed by atoms with E-state index in [9.17, 15) is 9.90 Å². The molecule has 22 heavy (non-hydrogen) atoms. The lowest BCUT2D eigenvalue weighted by Crippen LogP contribution is -2.38. The van der Waals surface area contributed by atoms with Crippen LogP contribution in [-0.2, 0) is 21.4 Å². The fourth-order valence-electron chi connectivity index (χ4n) is 2.09. The molecule has 0 saturated heterocycles. The Kier molecular flexibility index (Phi) is 6.00. The van der Waals surface area contributed by atoms with Gasteiger partial charge in [-0.3, -0.25) is 4.79 Å². The largest absolute Gasteiger partial charge is 0.508 e. The molecule has 0 amide bonds. The van der Waals surface area contributed by atoms with Gasteiger partial charge in [0.05, 0.1) is 21.1 Å². The minimum Gasteiger partial charge on any atom is -0.508 e. The number of likely N-dealkylation sites (N-methyl/N-ethyl adjacent to an activating group) is 1. The molecule has 0 unspecified atom stereocenters. The van der Waals surface area contributed by atoms with Crippen LogP contribution in [0, 0.1) is 0 Å². The number of aromatic hydroxyl groups is 1. The number of phenols is 1. The summed E-state index contributed by atoms with van der Waals surface area (Å²) >= 11 is 0. The third kappa shape index (κ3) is 6.48. The number of hydrogen-bond acceptors (Lipinski definition) is 3. The minimum absolute atomic E-state index is 0.120. The van der Waals surface area contributed by atoms with Crippen LogP contribution in [0.4, 0.5) is 0 Å². The number of phenolic OH excluding ortho intramolecular Hbond substituents is 1. The summed E-state index contributed by atoms with van der Waals surface area (Å²) < 4.78 is 6.04. The molecule has 0 radical (unpaired) electrons. The number of carbonyl (C=O) groups is 1. The number of hydrogen-bond donors (Lipinski definition) is 1. The zero-order chi connectivity index (χ0) is 17.0. The minimum atomic E-state index is -0.168. The van der Waals surface area contributed by atoms with Gasteiger partial charge in [-0.25, -0.2) is 0 Å². The van der Waals surface area contributed by atoms with Gasteiger partial charge in [0.25, 0.3) is 0 Å². The first-order chi connectivity index (χ1) is 9.99. The standard InChI is InChI=1S/C18H29NO3/c1-18(2,3)15-13-14(7-9-16(15)20)8-10-17(21)22-12-11-19(4,5)6/h7,9,13H,8,10-12H2,1-6H3/p+1. The summed E-state index contributed by atoms with van der Waals surface area (Å²) in [6.07, 6.45) is 0.998. The quantitative estimate of drug-likeness (QED) is 0.649. The molecule has 1 aromatic rings. The summed E-state index contributed by atoms with van der Waals surface area (Å²) in [4.78, 5) is 11.8. The van der Waals surface area contributed by atoms with Crippen LogP contribution in [0.25, 0.3) is 0 Å². The van der Waals surface area contributed by atoms with Crippen LogP contribution in [0.5, 0.6) is 5.75 Å². The molecule has 124 valence electrons. The summed E-state index contributed by atoms with van der Waals surface area (Å²) in [6, 6.07) is 5.55. The van der Waals surface area contributed by atoms with Crippen molar-refractivity contribution < 1.29 is 19.1 Å². The van der Waals surface area contributed by atoms with Crippen molar-refractivity contribution in [1.29, 1.82) is 0 Å². The lowest BCUT2D eigenvalue weighted by atomic mass is 9.85. The van der Waals surface area contributed by atoms with Crippen LogP contribution < -0.4 is 0 Å². The van der Waals surface area contributed by atoms with E-state index in [-0.39, 0.29) is 11.4 Å². The molecule has 0 heterocycles. The Morgan fingerprint density at radius 2 is 1.86 bits per heavy atom. The highest BCUT2D eigenvalue weighted by Crippen LogP contribution is 2.31. The lowest BCUT2D eigenvalue weighted by molar-refractivity contribution is -0.870. The Bertz CT molecular complexity index is 510. The van der Waals surface area contributed by atoms with Gasteiger partial charge < -0.3 is 14.3 Å². The molecule has 0 saturated carbocycles. The van der Waals surface area contributed by atoms with Gasteiger partial charge in [-0.05, 0) is 29.0 Å². The number of carbonyl (C=O) groups excluding carboxylic acids is 1. The summed E-state index contributed by atoms with van der Waals surface area (Å²) in [5, 5.41) is 9.95. The number of benzene rings is 1. The zero-order valence-corrected chi connectivity index (χ0v) is 14.8. The zero-order valence-electron chi connectivity index (χ0n) is 14.8. The second-order valence-corrected chi connectivity index (χ2v) is 7.84. The van der Waals surface area contributed by atoms with E-state index in [0.29, 0.717) is 25.2 Å². The van der Waals surface area contributed by atoms with Crippen molar-refractivity contribution in [3.05, 3.63) is 29.3 Å². The second kappa shape index (κ2) is 7.14. The average molecular weight is 308 g/mol. The summed E-state index contributed by atoms with van der Waals surface area (Å²) in [5.41, 5.74) is 1.83. The van der Waals surface area contributed by atoms with Crippen LogP contribution in [-0.4, -0.2) is 49.9 Å². The molecule has 0 aromatic heterocycles. The molecule has 1 aromatic carbocycles. The van der Waals surface area contributed by atoms with Gasteiger partial charge in [-0.2, -0.15) is 0 Å². The molecule has 1 N–H and O–H groups in total. The maximum atomic E-state index is 11.8. The van der Waals surface area contributed by atoms with Crippen LogP contribution in [0.2, 0.25) is 0 Å². The van der Waals surface area contributed by atoms with Crippen molar-refractivity contribution in [1.82, 2.24) is 0 Å². The van der Waals surface area contributed by atoms with E-state index in [4.69, 9.17) is 4.74 Å². The molecule has 0 aliphatic heterocycles. The van der Waals surface area contributed by atoms with Crippen molar-refractivity contribution in [2.75, 3.05) is 34.3 Å². The summed E-state index contributed by atoms with van der Waals surface area (Å²) in [5.74, 6) is 0.139. The first kappa shape index (κ1) is 18.5. The van der Waals surface area contributed by atoms with E-state index in [0.717, 1.165) is 22.2 Å². The maximum Gasteiger partial charge on any atom is 0.306 e. The number of quaternary nitrogens is 1. The maximum absolute atomic E-state index is 11.8. The fourth-order valence-corrected chi connectivity index (χ4v) is 2.09. The van der Waals surface area contributed by atoms with Crippen molar-refractivity contribution in [3.63, 3.8) is 0 Å². The number of rotatable bonds is 6. The van der Waals surface area contributed by atoms with E-state index in [2.05, 4.69) is 41.9 Å². The van der Waals surface area contributed by atoms with Gasteiger partial charge >= 0.3 is 5.97 Å². The lowest BCUT2D eigenvalue weighted by Gasteiger charge is -2.23. The van der Waals surface area contributed by atoms with Crippen molar-refractivity contribution in [3.8, 4) is 5.75 Å². The smallest absolute Gasteiger partial charge is 0.306 e. The van der Waals surface area contributed by atoms with Crippen LogP contribution in [0.15, 0.2) is 18.2 Å². The predicted octanol–water partition coefficient (Wildman–Crippen LogP) is 2.87. The van der Waals surface area contributed by atoms with Crippen LogP contribution in [0.1, 0.15) is 38.3 Å². The van der Waals surface area contributed by atoms with Gasteiger partial charge in [-0.15, -0.1) is 0 Å². The SMILES string of the molecule is CC(C)(C)c1cc(CCC(=O)OCC[N+](C)(C)C)ccc1O. The van der Waals surface area contributed by atoms with Gasteiger partial charge in [0, 0.05) is 6.42 Å². The Morgan fingerprint density at radius 3 is 2.41 bits per heavy atom. The molecule has 4 heteroatoms. The predicted molar refractivity (Wildman–Crippen MR) is 89.0 cm³/mol. The number of esters is 1. The number of ether oxygens (including phenoxy) is 1. The molecule has 0 atom stereocenters. The monoisotopic (exact) mass is 308 g/mol. The summed E-state index contributed by atoms with van der Waals surface area (Å²) in [7, 11) is 6.20. The molecule has 1 rings (SSSR count). The summed E-state index contributed by atoms with van der Waals surface area (Å²) in [6.45, 7) is 7.44. The number of nitrogens with zero attached hydrogens (tertiary/aromatic N) is 1. The third-order valence-electron chi connectivity index (χ3n) is 3.51. The van der Waals surface area contributed by atoms with E-state index in [1.54, 1.807) is 6.07 Å². The van der Waals surface area contributed by atoms with E-state index >= 15 is 0 Å². The van der Waals surface area contributed by atoms with E-state index in [1.165, 1.54) is 0 Å². The normalized spacial score (nSPS) is 12.3. The molecule has 0 aliphatic rings. The highest BCUT2D eigenvalue weighted by atomic mass is 16.5. The second-order valence-electron chi connectivity index (χ2n) is 7.84. The Labute approximate surface area is 134 Å². The first-order valence-corrected chi connectivity index (χ1v) is 7.77. The van der Waals surface area contributed by atoms with Gasteiger partial charge in [0.15, 0.2) is 0 Å². The highest BCUT2D eigenvalue weighted by Gasteiger charge is 2.18. The molecular formula is C18H30NO3+. The van der Waals surface area contributed by atoms with E-state index in [1.807, 2.05) is 12.1 Å². The first-order valence-electron chi connectivity index (χ1n) is 7.77. The van der Waals surface area contributed by atoms with Crippen LogP contribution in [0.3, 0.4) is 0 Å². The number of aryl methyl sites for hydroxylation is 1. The van der Waals surface area contributed by atoms with Gasteiger partial charge in [0.1, 0.15) is 18.9 Å². The molecule has 0 fully saturated rings. The average Bonchev–Trinajstić information content (AvgIpc) is 2.34. The highest BCUT2D eigenvalue weighted by molar-refractivity contribution is 5.69.